The van der Waals surface area contributed by atoms with Crippen molar-refractivity contribution in [3.05, 3.63) is 29.8 Å². The molecule has 1 aromatic rings. The fourth-order valence-electron chi connectivity index (χ4n) is 2.18. The monoisotopic (exact) mass is 354 g/mol. The molecule has 24 heavy (non-hydrogen) atoms. The molecule has 2 amide bonds. The Labute approximate surface area is 147 Å². The third kappa shape index (κ3) is 6.41. The molecule has 0 spiro atoms. The first kappa shape index (κ1) is 20.3. The average Bonchev–Trinajstić information content (AvgIpc) is 2.58. The van der Waals surface area contributed by atoms with Crippen LogP contribution in [-0.2, 0) is 4.79 Å². The number of hydrogen-bond donors (Lipinski definition) is 3. The molecule has 1 rings (SSSR count). The van der Waals surface area contributed by atoms with E-state index >= 15 is 0 Å². The topological polar surface area (TPSA) is 87.7 Å². The Bertz CT molecular complexity index is 539. The van der Waals surface area contributed by atoms with Gasteiger partial charge in [0, 0.05) is 12.6 Å². The molecule has 134 valence electrons. The molecular formula is C17H26N2O4S. The molecule has 0 heterocycles. The van der Waals surface area contributed by atoms with Crippen LogP contribution in [0.1, 0.15) is 30.1 Å². The van der Waals surface area contributed by atoms with Crippen LogP contribution in [0, 0.1) is 0 Å². The number of methoxy groups -OCH3 is 1. The summed E-state index contributed by atoms with van der Waals surface area (Å²) in [6.07, 6.45) is 2.95. The second-order valence-electron chi connectivity index (χ2n) is 5.43. The average molecular weight is 354 g/mol. The smallest absolute Gasteiger partial charge is 0.255 e. The van der Waals surface area contributed by atoms with Crippen molar-refractivity contribution in [3.8, 4) is 5.75 Å². The third-order valence-electron chi connectivity index (χ3n) is 3.53. The SMILES string of the molecule is COc1ccccc1C(=O)N[C@@H](CCSC)C(=O)N[C@@H](C)CCO. The number of aliphatic hydroxyl groups is 1. The molecule has 3 N–H and O–H groups in total. The van der Waals surface area contributed by atoms with E-state index in [1.165, 1.54) is 7.11 Å². The van der Waals surface area contributed by atoms with Gasteiger partial charge in [-0.1, -0.05) is 12.1 Å². The summed E-state index contributed by atoms with van der Waals surface area (Å²) in [5.74, 6) is 0.628. The molecule has 0 unspecified atom stereocenters. The highest BCUT2D eigenvalue weighted by Gasteiger charge is 2.23. The minimum atomic E-state index is -0.629. The Morgan fingerprint density at radius 1 is 1.25 bits per heavy atom. The Morgan fingerprint density at radius 2 is 1.96 bits per heavy atom. The number of nitrogens with one attached hydrogen (secondary N) is 2. The fourth-order valence-corrected chi connectivity index (χ4v) is 2.65. The van der Waals surface area contributed by atoms with Crippen molar-refractivity contribution in [2.45, 2.75) is 31.8 Å². The zero-order valence-corrected chi connectivity index (χ0v) is 15.2. The molecule has 7 heteroatoms. The summed E-state index contributed by atoms with van der Waals surface area (Å²) in [7, 11) is 1.50. The second kappa shape index (κ2) is 10.9. The highest BCUT2D eigenvalue weighted by Crippen LogP contribution is 2.17. The Kier molecular flexibility index (Phi) is 9.26. The van der Waals surface area contributed by atoms with Crippen molar-refractivity contribution in [3.63, 3.8) is 0 Å². The molecule has 1 aromatic carbocycles. The zero-order chi connectivity index (χ0) is 17.9. The van der Waals surface area contributed by atoms with Crippen molar-refractivity contribution in [2.75, 3.05) is 25.7 Å². The van der Waals surface area contributed by atoms with Gasteiger partial charge in [-0.15, -0.1) is 0 Å². The largest absolute Gasteiger partial charge is 0.496 e. The molecule has 2 atom stereocenters. The predicted octanol–water partition coefficient (Wildman–Crippen LogP) is 1.43. The van der Waals surface area contributed by atoms with Crippen LogP contribution < -0.4 is 15.4 Å². The highest BCUT2D eigenvalue weighted by atomic mass is 32.2. The van der Waals surface area contributed by atoms with Gasteiger partial charge in [-0.2, -0.15) is 11.8 Å². The molecule has 0 saturated carbocycles. The standard InChI is InChI=1S/C17H26N2O4S/c1-12(8-10-20)18-17(22)14(9-11-24-3)19-16(21)13-6-4-5-7-15(13)23-2/h4-7,12,14,20H,8-11H2,1-3H3,(H,18,22)(H,19,21)/t12-,14-/m0/s1. The summed E-state index contributed by atoms with van der Waals surface area (Å²) in [4.78, 5) is 24.9. The first-order chi connectivity index (χ1) is 11.5. The summed E-state index contributed by atoms with van der Waals surface area (Å²) in [6.45, 7) is 1.83. The Hall–Kier alpha value is -1.73. The second-order valence-corrected chi connectivity index (χ2v) is 6.42. The first-order valence-corrected chi connectivity index (χ1v) is 9.26. The lowest BCUT2D eigenvalue weighted by Gasteiger charge is -2.21. The number of carbonyl (C=O) groups is 2. The van der Waals surface area contributed by atoms with Gasteiger partial charge in [-0.05, 0) is 43.9 Å². The van der Waals surface area contributed by atoms with Crippen LogP contribution >= 0.6 is 11.8 Å². The Balaban J connectivity index is 2.80. The molecule has 0 radical (unpaired) electrons. The number of benzene rings is 1. The van der Waals surface area contributed by atoms with Crippen molar-refractivity contribution in [2.24, 2.45) is 0 Å². The molecule has 0 aliphatic heterocycles. The predicted molar refractivity (Wildman–Crippen MR) is 96.6 cm³/mol. The fraction of sp³-hybridized carbons (Fsp3) is 0.529. The summed E-state index contributed by atoms with van der Waals surface area (Å²) in [5, 5.41) is 14.5. The number of hydrogen-bond acceptors (Lipinski definition) is 5. The third-order valence-corrected chi connectivity index (χ3v) is 4.18. The van der Waals surface area contributed by atoms with Crippen molar-refractivity contribution in [1.29, 1.82) is 0 Å². The zero-order valence-electron chi connectivity index (χ0n) is 14.4. The van der Waals surface area contributed by atoms with Crippen LogP contribution in [-0.4, -0.2) is 54.7 Å². The lowest BCUT2D eigenvalue weighted by Crippen LogP contribution is -2.49. The van der Waals surface area contributed by atoms with Gasteiger partial charge >= 0.3 is 0 Å². The normalized spacial score (nSPS) is 13.0. The first-order valence-electron chi connectivity index (χ1n) is 7.87. The highest BCUT2D eigenvalue weighted by molar-refractivity contribution is 7.98. The number of aliphatic hydroxyl groups excluding tert-OH is 1. The van der Waals surface area contributed by atoms with Crippen LogP contribution in [0.25, 0.3) is 0 Å². The van der Waals surface area contributed by atoms with Gasteiger partial charge in [-0.25, -0.2) is 0 Å². The van der Waals surface area contributed by atoms with Gasteiger partial charge in [0.15, 0.2) is 0 Å². The summed E-state index contributed by atoms with van der Waals surface area (Å²) >= 11 is 1.61. The lowest BCUT2D eigenvalue weighted by molar-refractivity contribution is -0.123. The van der Waals surface area contributed by atoms with E-state index in [0.717, 1.165) is 5.75 Å². The van der Waals surface area contributed by atoms with Crippen LogP contribution in [0.2, 0.25) is 0 Å². The summed E-state index contributed by atoms with van der Waals surface area (Å²) < 4.78 is 5.19. The van der Waals surface area contributed by atoms with Gasteiger partial charge in [0.05, 0.1) is 12.7 Å². The number of amides is 2. The minimum absolute atomic E-state index is 0.00446. The summed E-state index contributed by atoms with van der Waals surface area (Å²) in [6, 6.07) is 6.11. The molecule has 0 aliphatic carbocycles. The molecular weight excluding hydrogens is 328 g/mol. The van der Waals surface area contributed by atoms with Crippen LogP contribution in [0.4, 0.5) is 0 Å². The van der Waals surface area contributed by atoms with E-state index in [-0.39, 0.29) is 24.5 Å². The quantitative estimate of drug-likeness (QED) is 0.592. The van der Waals surface area contributed by atoms with E-state index in [1.807, 2.05) is 13.2 Å². The van der Waals surface area contributed by atoms with Gasteiger partial charge in [-0.3, -0.25) is 9.59 Å². The number of thioether (sulfide) groups is 1. The van der Waals surface area contributed by atoms with Gasteiger partial charge in [0.2, 0.25) is 5.91 Å². The molecule has 6 nitrogen and oxygen atoms in total. The maximum atomic E-state index is 12.5. The molecule has 0 saturated heterocycles. The minimum Gasteiger partial charge on any atom is -0.496 e. The van der Waals surface area contributed by atoms with Gasteiger partial charge in [0.25, 0.3) is 5.91 Å². The maximum Gasteiger partial charge on any atom is 0.255 e. The van der Waals surface area contributed by atoms with E-state index in [0.29, 0.717) is 24.2 Å². The van der Waals surface area contributed by atoms with Crippen LogP contribution in [0.3, 0.4) is 0 Å². The van der Waals surface area contributed by atoms with E-state index < -0.39 is 6.04 Å². The van der Waals surface area contributed by atoms with Crippen molar-refractivity contribution in [1.82, 2.24) is 10.6 Å². The van der Waals surface area contributed by atoms with Crippen molar-refractivity contribution < 1.29 is 19.4 Å². The van der Waals surface area contributed by atoms with E-state index in [4.69, 9.17) is 9.84 Å². The number of ether oxygens (including phenoxy) is 1. The molecule has 0 bridgehead atoms. The van der Waals surface area contributed by atoms with Gasteiger partial charge < -0.3 is 20.5 Å². The van der Waals surface area contributed by atoms with Crippen LogP contribution in [0.5, 0.6) is 5.75 Å². The lowest BCUT2D eigenvalue weighted by atomic mass is 10.1. The van der Waals surface area contributed by atoms with E-state index in [1.54, 1.807) is 36.0 Å². The molecule has 0 aliphatic rings. The molecule has 0 fully saturated rings. The molecule has 0 aromatic heterocycles. The van der Waals surface area contributed by atoms with E-state index in [2.05, 4.69) is 10.6 Å². The van der Waals surface area contributed by atoms with Crippen LogP contribution in [0.15, 0.2) is 24.3 Å². The Morgan fingerprint density at radius 3 is 2.58 bits per heavy atom. The number of para-hydroxylation sites is 1. The van der Waals surface area contributed by atoms with Crippen molar-refractivity contribution >= 4 is 23.6 Å². The maximum absolute atomic E-state index is 12.5. The van der Waals surface area contributed by atoms with Gasteiger partial charge in [0.1, 0.15) is 11.8 Å². The number of carbonyl (C=O) groups excluding carboxylic acids is 2. The summed E-state index contributed by atoms with van der Waals surface area (Å²) in [5.41, 5.74) is 0.394. The van der Waals surface area contributed by atoms with E-state index in [9.17, 15) is 9.59 Å². The number of rotatable bonds is 10.